The quantitative estimate of drug-likeness (QED) is 0.421. The van der Waals surface area contributed by atoms with E-state index in [4.69, 9.17) is 13.6 Å². The summed E-state index contributed by atoms with van der Waals surface area (Å²) in [6.45, 7) is 4.30. The van der Waals surface area contributed by atoms with Crippen LogP contribution in [0.2, 0.25) is 0 Å². The van der Waals surface area contributed by atoms with Crippen molar-refractivity contribution in [2.75, 3.05) is 0 Å². The number of benzene rings is 2. The zero-order chi connectivity index (χ0) is 19.0. The van der Waals surface area contributed by atoms with Crippen LogP contribution in [-0.2, 0) is 9.09 Å². The Hall–Kier alpha value is -2.45. The second-order valence-corrected chi connectivity index (χ2v) is 8.85. The number of phosphoric acid groups is 1. The van der Waals surface area contributed by atoms with Crippen LogP contribution in [0.15, 0.2) is 84.7 Å². The van der Waals surface area contributed by atoms with Gasteiger partial charge in [0.15, 0.2) is 0 Å². The van der Waals surface area contributed by atoms with Crippen LogP contribution in [0.4, 0.5) is 0 Å². The van der Waals surface area contributed by atoms with Crippen LogP contribution in [0.1, 0.15) is 26.7 Å². The molecule has 27 heavy (non-hydrogen) atoms. The van der Waals surface area contributed by atoms with E-state index in [1.54, 1.807) is 24.3 Å². The minimum absolute atomic E-state index is 0.00140. The first-order valence-corrected chi connectivity index (χ1v) is 10.6. The van der Waals surface area contributed by atoms with Gasteiger partial charge in [-0.15, -0.1) is 0 Å². The topological polar surface area (TPSA) is 44.8 Å². The molecule has 0 N–H and O–H groups in total. The van der Waals surface area contributed by atoms with Gasteiger partial charge in [-0.05, 0) is 50.1 Å². The highest BCUT2D eigenvalue weighted by molar-refractivity contribution is 7.49. The molecule has 2 aromatic rings. The van der Waals surface area contributed by atoms with Gasteiger partial charge >= 0.3 is 7.82 Å². The number of rotatable bonds is 6. The molecule has 0 saturated carbocycles. The molecule has 2 atom stereocenters. The van der Waals surface area contributed by atoms with E-state index in [-0.39, 0.29) is 10.8 Å². The van der Waals surface area contributed by atoms with Crippen molar-refractivity contribution in [3.05, 3.63) is 84.7 Å². The van der Waals surface area contributed by atoms with Gasteiger partial charge < -0.3 is 13.6 Å². The molecular formula is C22H23O4P. The molecule has 2 aliphatic rings. The smallest absolute Gasteiger partial charge is 0.390 e. The summed E-state index contributed by atoms with van der Waals surface area (Å²) in [4.78, 5) is 0. The van der Waals surface area contributed by atoms with Crippen LogP contribution < -0.4 is 9.05 Å². The zero-order valence-electron chi connectivity index (χ0n) is 15.5. The monoisotopic (exact) mass is 382 g/mol. The fourth-order valence-electron chi connectivity index (χ4n) is 3.57. The molecule has 0 radical (unpaired) electrons. The highest BCUT2D eigenvalue weighted by Crippen LogP contribution is 2.63. The van der Waals surface area contributed by atoms with E-state index in [1.807, 2.05) is 42.5 Å². The molecular weight excluding hydrogens is 359 g/mol. The predicted molar refractivity (Wildman–Crippen MR) is 106 cm³/mol. The Labute approximate surface area is 160 Å². The average Bonchev–Trinajstić information content (AvgIpc) is 2.66. The van der Waals surface area contributed by atoms with Crippen LogP contribution in [-0.4, -0.2) is 0 Å². The molecule has 2 aliphatic carbocycles. The second kappa shape index (κ2) is 6.61. The van der Waals surface area contributed by atoms with E-state index in [1.165, 1.54) is 0 Å². The van der Waals surface area contributed by atoms with Gasteiger partial charge in [0.1, 0.15) is 17.3 Å². The molecule has 0 aromatic heterocycles. The van der Waals surface area contributed by atoms with E-state index < -0.39 is 7.82 Å². The maximum atomic E-state index is 13.6. The van der Waals surface area contributed by atoms with Crippen molar-refractivity contribution < 1.29 is 18.1 Å². The van der Waals surface area contributed by atoms with Gasteiger partial charge in [-0.3, -0.25) is 0 Å². The molecule has 4 rings (SSSR count). The Bertz CT molecular complexity index is 876. The maximum Gasteiger partial charge on any atom is 0.646 e. The van der Waals surface area contributed by atoms with Crippen LogP contribution in [0.25, 0.3) is 0 Å². The van der Waals surface area contributed by atoms with Gasteiger partial charge in [0, 0.05) is 5.41 Å². The average molecular weight is 382 g/mol. The number of phosphoric ester groups is 1. The summed E-state index contributed by atoms with van der Waals surface area (Å²) in [5.74, 6) is 1.52. The summed E-state index contributed by atoms with van der Waals surface area (Å²) in [6, 6.07) is 17.9. The number of para-hydroxylation sites is 2. The van der Waals surface area contributed by atoms with Gasteiger partial charge in [0.25, 0.3) is 0 Å². The lowest BCUT2D eigenvalue weighted by molar-refractivity contribution is 0.0928. The number of hydrogen-bond acceptors (Lipinski definition) is 4. The van der Waals surface area contributed by atoms with Crippen LogP contribution >= 0.6 is 7.82 Å². The van der Waals surface area contributed by atoms with Crippen molar-refractivity contribution >= 4 is 7.82 Å². The van der Waals surface area contributed by atoms with Gasteiger partial charge in [-0.25, -0.2) is 0 Å². The Morgan fingerprint density at radius 2 is 1.37 bits per heavy atom. The number of allylic oxidation sites excluding steroid dienone is 3. The molecule has 0 amide bonds. The number of fused-ring (bicyclic) bond motifs is 1. The molecule has 0 heterocycles. The summed E-state index contributed by atoms with van der Waals surface area (Å²) < 4.78 is 31.1. The van der Waals surface area contributed by atoms with Crippen molar-refractivity contribution in [3.8, 4) is 11.5 Å². The summed E-state index contributed by atoms with van der Waals surface area (Å²) >= 11 is 0. The molecule has 0 bridgehead atoms. The summed E-state index contributed by atoms with van der Waals surface area (Å²) in [5.41, 5.74) is -0.303. The van der Waals surface area contributed by atoms with E-state index >= 15 is 0 Å². The normalized spacial score (nSPS) is 26.4. The van der Waals surface area contributed by atoms with Crippen LogP contribution in [0.5, 0.6) is 11.5 Å². The van der Waals surface area contributed by atoms with Gasteiger partial charge in [0.2, 0.25) is 0 Å². The lowest BCUT2D eigenvalue weighted by Crippen LogP contribution is -2.45. The molecule has 1 unspecified atom stereocenters. The van der Waals surface area contributed by atoms with E-state index in [0.717, 1.165) is 12.8 Å². The first kappa shape index (κ1) is 17.9. The third-order valence-electron chi connectivity index (χ3n) is 5.61. The van der Waals surface area contributed by atoms with E-state index in [2.05, 4.69) is 26.0 Å². The molecule has 140 valence electrons. The lowest BCUT2D eigenvalue weighted by Gasteiger charge is -2.52. The lowest BCUT2D eigenvalue weighted by atomic mass is 9.53. The van der Waals surface area contributed by atoms with Crippen LogP contribution in [0, 0.1) is 10.8 Å². The highest BCUT2D eigenvalue weighted by Gasteiger charge is 2.54. The molecule has 5 heteroatoms. The van der Waals surface area contributed by atoms with Gasteiger partial charge in [-0.1, -0.05) is 55.5 Å². The Morgan fingerprint density at radius 1 is 0.815 bits per heavy atom. The zero-order valence-corrected chi connectivity index (χ0v) is 16.4. The Balaban J connectivity index is 1.65. The summed E-state index contributed by atoms with van der Waals surface area (Å²) in [5, 5.41) is 0. The Morgan fingerprint density at radius 3 is 1.85 bits per heavy atom. The van der Waals surface area contributed by atoms with Crippen molar-refractivity contribution in [2.45, 2.75) is 26.7 Å². The van der Waals surface area contributed by atoms with E-state index in [0.29, 0.717) is 17.3 Å². The van der Waals surface area contributed by atoms with Gasteiger partial charge in [0.05, 0.1) is 5.41 Å². The molecule has 0 fully saturated rings. The van der Waals surface area contributed by atoms with Crippen molar-refractivity contribution in [3.63, 3.8) is 0 Å². The minimum Gasteiger partial charge on any atom is -0.390 e. The van der Waals surface area contributed by atoms with Crippen molar-refractivity contribution in [1.29, 1.82) is 0 Å². The molecule has 4 nitrogen and oxygen atoms in total. The number of hydrogen-bond donors (Lipinski definition) is 0. The van der Waals surface area contributed by atoms with Gasteiger partial charge in [-0.2, -0.15) is 4.57 Å². The minimum atomic E-state index is -3.94. The summed E-state index contributed by atoms with van der Waals surface area (Å²) in [7, 11) is -3.94. The molecule has 0 aliphatic heterocycles. The summed E-state index contributed by atoms with van der Waals surface area (Å²) in [6.07, 6.45) is 8.21. The Kier molecular flexibility index (Phi) is 4.39. The molecule has 0 saturated heterocycles. The molecule has 2 aromatic carbocycles. The van der Waals surface area contributed by atoms with Crippen LogP contribution in [0.3, 0.4) is 0 Å². The molecule has 0 spiro atoms. The highest BCUT2D eigenvalue weighted by atomic mass is 31.2. The largest absolute Gasteiger partial charge is 0.646 e. The predicted octanol–water partition coefficient (Wildman–Crippen LogP) is 6.53. The van der Waals surface area contributed by atoms with Crippen molar-refractivity contribution in [2.24, 2.45) is 10.8 Å². The second-order valence-electron chi connectivity index (χ2n) is 7.41. The first-order chi connectivity index (χ1) is 12.9. The SMILES string of the molecule is CC12C=C[C@@]1(C)CCC=C2OP(=O)(Oc1ccccc1)Oc1ccccc1. The third kappa shape index (κ3) is 3.30. The standard InChI is InChI=1S/C22H23O4P/c1-21-15-9-14-20(22(21,2)17-16-21)26-27(23,24-18-10-5-3-6-11-18)25-19-12-7-4-8-13-19/h3-8,10-14,16-17H,9,15H2,1-2H3/t21-,22?/m1/s1. The third-order valence-corrected chi connectivity index (χ3v) is 6.90. The van der Waals surface area contributed by atoms with E-state index in [9.17, 15) is 4.57 Å². The first-order valence-electron chi connectivity index (χ1n) is 9.13. The fourth-order valence-corrected chi connectivity index (χ4v) is 4.95. The fraction of sp³-hybridized carbons (Fsp3) is 0.273. The maximum absolute atomic E-state index is 13.6. The van der Waals surface area contributed by atoms with Crippen molar-refractivity contribution in [1.82, 2.24) is 0 Å².